The summed E-state index contributed by atoms with van der Waals surface area (Å²) in [5.41, 5.74) is 9.35. The van der Waals surface area contributed by atoms with E-state index in [4.69, 9.17) is 0 Å². The van der Waals surface area contributed by atoms with Crippen LogP contribution >= 0.6 is 0 Å². The highest BCUT2D eigenvalue weighted by atomic mass is 15.1. The fourth-order valence-electron chi connectivity index (χ4n) is 4.98. The summed E-state index contributed by atoms with van der Waals surface area (Å²) in [4.78, 5) is 2.28. The van der Waals surface area contributed by atoms with Crippen LogP contribution in [0.4, 0.5) is 22.7 Å². The van der Waals surface area contributed by atoms with Crippen molar-refractivity contribution in [3.05, 3.63) is 181 Å². The Kier molecular flexibility index (Phi) is 7.18. The molecule has 0 aliphatic heterocycles. The second kappa shape index (κ2) is 11.5. The first kappa shape index (κ1) is 24.3. The van der Waals surface area contributed by atoms with E-state index in [2.05, 4.69) is 180 Å². The van der Waals surface area contributed by atoms with Gasteiger partial charge in [-0.3, -0.25) is 0 Å². The minimum absolute atomic E-state index is 0.0829. The van der Waals surface area contributed by atoms with Gasteiger partial charge in [-0.25, -0.2) is 0 Å². The average Bonchev–Trinajstić information content (AvgIpc) is 3.03. The van der Waals surface area contributed by atoms with Crippen LogP contribution in [0.1, 0.15) is 17.2 Å². The number of hydrogen-bond donors (Lipinski definition) is 1. The summed E-state index contributed by atoms with van der Waals surface area (Å²) in [5.74, 6) is 0. The molecule has 0 saturated carbocycles. The van der Waals surface area contributed by atoms with E-state index in [9.17, 15) is 0 Å². The number of nitrogens with one attached hydrogen (secondary N) is 1. The second-order valence-corrected chi connectivity index (χ2v) is 9.53. The number of para-hydroxylation sites is 2. The summed E-state index contributed by atoms with van der Waals surface area (Å²) in [7, 11) is 0. The minimum atomic E-state index is 0.0829. The SMILES string of the molecule is c1ccc(C(Nc2ccc(-c3ccc(N(c4ccccc4)c4ccccc4)cc3)cc2)c2ccccc2)cc1. The lowest BCUT2D eigenvalue weighted by Gasteiger charge is -2.25. The quantitative estimate of drug-likeness (QED) is 0.223. The van der Waals surface area contributed by atoms with Crippen molar-refractivity contribution in [3.63, 3.8) is 0 Å². The maximum atomic E-state index is 3.74. The molecule has 188 valence electrons. The van der Waals surface area contributed by atoms with E-state index in [0.29, 0.717) is 0 Å². The lowest BCUT2D eigenvalue weighted by molar-refractivity contribution is 0.939. The summed E-state index contributed by atoms with van der Waals surface area (Å²) in [5, 5.41) is 3.74. The highest BCUT2D eigenvalue weighted by Crippen LogP contribution is 2.35. The zero-order valence-electron chi connectivity index (χ0n) is 21.7. The van der Waals surface area contributed by atoms with Gasteiger partial charge in [0.15, 0.2) is 0 Å². The molecule has 0 saturated heterocycles. The van der Waals surface area contributed by atoms with E-state index in [0.717, 1.165) is 22.7 Å². The van der Waals surface area contributed by atoms with Crippen molar-refractivity contribution >= 4 is 22.7 Å². The van der Waals surface area contributed by atoms with Gasteiger partial charge in [-0.1, -0.05) is 121 Å². The standard InChI is InChI=1S/C37H30N2/c1-5-13-31(14-6-1)37(32-15-7-2-8-16-32)38-33-25-21-29(22-26-33)30-23-27-36(28-24-30)39(34-17-9-3-10-18-34)35-19-11-4-12-20-35/h1-28,37-38H. The Bertz CT molecular complexity index is 1500. The number of rotatable bonds is 8. The number of hydrogen-bond acceptors (Lipinski definition) is 2. The predicted octanol–water partition coefficient (Wildman–Crippen LogP) is 10.0. The predicted molar refractivity (Wildman–Crippen MR) is 165 cm³/mol. The lowest BCUT2D eigenvalue weighted by Crippen LogP contribution is -2.12. The third-order valence-electron chi connectivity index (χ3n) is 6.95. The first-order valence-electron chi connectivity index (χ1n) is 13.3. The second-order valence-electron chi connectivity index (χ2n) is 9.53. The lowest BCUT2D eigenvalue weighted by atomic mass is 9.98. The number of anilines is 4. The molecule has 6 aromatic carbocycles. The van der Waals surface area contributed by atoms with Crippen molar-refractivity contribution in [1.82, 2.24) is 0 Å². The van der Waals surface area contributed by atoms with Gasteiger partial charge in [0, 0.05) is 22.7 Å². The van der Waals surface area contributed by atoms with Gasteiger partial charge >= 0.3 is 0 Å². The molecule has 6 rings (SSSR count). The highest BCUT2D eigenvalue weighted by Gasteiger charge is 2.14. The van der Waals surface area contributed by atoms with Gasteiger partial charge in [-0.05, 0) is 70.8 Å². The van der Waals surface area contributed by atoms with Gasteiger partial charge in [-0.2, -0.15) is 0 Å². The Morgan fingerprint density at radius 3 is 1.15 bits per heavy atom. The van der Waals surface area contributed by atoms with Gasteiger partial charge in [0.1, 0.15) is 0 Å². The van der Waals surface area contributed by atoms with Crippen molar-refractivity contribution in [2.45, 2.75) is 6.04 Å². The molecular weight excluding hydrogens is 472 g/mol. The summed E-state index contributed by atoms with van der Waals surface area (Å²) < 4.78 is 0. The molecule has 0 unspecified atom stereocenters. The summed E-state index contributed by atoms with van der Waals surface area (Å²) in [6.45, 7) is 0. The Hall–Kier alpha value is -5.08. The molecule has 39 heavy (non-hydrogen) atoms. The molecule has 2 heteroatoms. The van der Waals surface area contributed by atoms with E-state index in [-0.39, 0.29) is 6.04 Å². The smallest absolute Gasteiger partial charge is 0.0767 e. The van der Waals surface area contributed by atoms with E-state index >= 15 is 0 Å². The molecule has 0 amide bonds. The Morgan fingerprint density at radius 2 is 0.718 bits per heavy atom. The molecule has 6 aromatic rings. The van der Waals surface area contributed by atoms with Crippen molar-refractivity contribution < 1.29 is 0 Å². The zero-order chi connectivity index (χ0) is 26.3. The largest absolute Gasteiger partial charge is 0.374 e. The summed E-state index contributed by atoms with van der Waals surface area (Å²) >= 11 is 0. The fourth-order valence-corrected chi connectivity index (χ4v) is 4.98. The van der Waals surface area contributed by atoms with Crippen LogP contribution in [-0.4, -0.2) is 0 Å². The van der Waals surface area contributed by atoms with E-state index in [1.807, 2.05) is 0 Å². The van der Waals surface area contributed by atoms with Gasteiger partial charge in [-0.15, -0.1) is 0 Å². The van der Waals surface area contributed by atoms with Crippen molar-refractivity contribution in [1.29, 1.82) is 0 Å². The Labute approximate surface area is 230 Å². The van der Waals surface area contributed by atoms with E-state index in [1.54, 1.807) is 0 Å². The molecular formula is C37H30N2. The Morgan fingerprint density at radius 1 is 0.359 bits per heavy atom. The van der Waals surface area contributed by atoms with Crippen molar-refractivity contribution in [3.8, 4) is 11.1 Å². The van der Waals surface area contributed by atoms with Crippen LogP contribution < -0.4 is 10.2 Å². The average molecular weight is 503 g/mol. The molecule has 0 aromatic heterocycles. The van der Waals surface area contributed by atoms with Gasteiger partial charge in [0.25, 0.3) is 0 Å². The number of benzene rings is 6. The Balaban J connectivity index is 1.24. The monoisotopic (exact) mass is 502 g/mol. The molecule has 0 fully saturated rings. The first-order valence-corrected chi connectivity index (χ1v) is 13.3. The first-order chi connectivity index (χ1) is 19.3. The molecule has 0 aliphatic carbocycles. The number of nitrogens with zero attached hydrogens (tertiary/aromatic N) is 1. The van der Waals surface area contributed by atoms with Gasteiger partial charge < -0.3 is 10.2 Å². The van der Waals surface area contributed by atoms with Gasteiger partial charge in [0.2, 0.25) is 0 Å². The maximum Gasteiger partial charge on any atom is 0.0767 e. The van der Waals surface area contributed by atoms with E-state index in [1.165, 1.54) is 22.3 Å². The van der Waals surface area contributed by atoms with Crippen molar-refractivity contribution in [2.24, 2.45) is 0 Å². The van der Waals surface area contributed by atoms with Crippen LogP contribution in [-0.2, 0) is 0 Å². The molecule has 2 nitrogen and oxygen atoms in total. The molecule has 0 bridgehead atoms. The van der Waals surface area contributed by atoms with Crippen LogP contribution in [0.15, 0.2) is 170 Å². The molecule has 0 heterocycles. The zero-order valence-corrected chi connectivity index (χ0v) is 21.7. The highest BCUT2D eigenvalue weighted by molar-refractivity contribution is 5.78. The molecule has 0 spiro atoms. The minimum Gasteiger partial charge on any atom is -0.374 e. The topological polar surface area (TPSA) is 15.3 Å². The molecule has 0 atom stereocenters. The van der Waals surface area contributed by atoms with Crippen LogP contribution in [0, 0.1) is 0 Å². The molecule has 0 radical (unpaired) electrons. The van der Waals surface area contributed by atoms with Crippen LogP contribution in [0.3, 0.4) is 0 Å². The van der Waals surface area contributed by atoms with Crippen LogP contribution in [0.25, 0.3) is 11.1 Å². The van der Waals surface area contributed by atoms with Gasteiger partial charge in [0.05, 0.1) is 6.04 Å². The summed E-state index contributed by atoms with van der Waals surface area (Å²) in [6, 6.07) is 59.8. The molecule has 1 N–H and O–H groups in total. The third kappa shape index (κ3) is 5.61. The van der Waals surface area contributed by atoms with Crippen LogP contribution in [0.5, 0.6) is 0 Å². The summed E-state index contributed by atoms with van der Waals surface area (Å²) in [6.07, 6.45) is 0. The fraction of sp³-hybridized carbons (Fsp3) is 0.0270. The molecule has 0 aliphatic rings. The third-order valence-corrected chi connectivity index (χ3v) is 6.95. The van der Waals surface area contributed by atoms with Crippen molar-refractivity contribution in [2.75, 3.05) is 10.2 Å². The normalized spacial score (nSPS) is 10.8. The van der Waals surface area contributed by atoms with E-state index < -0.39 is 0 Å². The maximum absolute atomic E-state index is 3.74. The van der Waals surface area contributed by atoms with Crippen LogP contribution in [0.2, 0.25) is 0 Å².